The molecule has 4 heteroatoms. The van der Waals surface area contributed by atoms with Gasteiger partial charge in [-0.3, -0.25) is 0 Å². The van der Waals surface area contributed by atoms with Crippen molar-refractivity contribution >= 4 is 16.9 Å². The molecule has 0 radical (unpaired) electrons. The summed E-state index contributed by atoms with van der Waals surface area (Å²) in [5, 5.41) is 19.6. The molecule has 0 spiro atoms. The Morgan fingerprint density at radius 1 is 1.44 bits per heavy atom. The molecule has 4 nitrogen and oxygen atoms in total. The van der Waals surface area contributed by atoms with Gasteiger partial charge in [-0.05, 0) is 31.5 Å². The first kappa shape index (κ1) is 12.6. The third-order valence-electron chi connectivity index (χ3n) is 3.07. The van der Waals surface area contributed by atoms with Crippen LogP contribution >= 0.6 is 0 Å². The first-order valence-corrected chi connectivity index (χ1v) is 6.08. The molecule has 1 aromatic carbocycles. The van der Waals surface area contributed by atoms with Gasteiger partial charge in [0.1, 0.15) is 0 Å². The van der Waals surface area contributed by atoms with Gasteiger partial charge in [-0.15, -0.1) is 0 Å². The van der Waals surface area contributed by atoms with E-state index in [0.29, 0.717) is 0 Å². The van der Waals surface area contributed by atoms with E-state index >= 15 is 0 Å². The minimum absolute atomic E-state index is 0.249. The van der Waals surface area contributed by atoms with Crippen LogP contribution in [0.25, 0.3) is 10.9 Å². The fraction of sp³-hybridized carbons (Fsp3) is 0.357. The number of benzene rings is 1. The summed E-state index contributed by atoms with van der Waals surface area (Å²) in [6.45, 7) is 4.63. The van der Waals surface area contributed by atoms with Crippen LogP contribution in [-0.4, -0.2) is 20.7 Å². The number of aromatic carboxylic acids is 1. The zero-order valence-corrected chi connectivity index (χ0v) is 10.6. The van der Waals surface area contributed by atoms with E-state index in [0.717, 1.165) is 29.4 Å². The van der Waals surface area contributed by atoms with Crippen LogP contribution in [0.3, 0.4) is 0 Å². The molecular weight excluding hydrogens is 230 g/mol. The number of carbonyl (C=O) groups is 1. The van der Waals surface area contributed by atoms with Crippen molar-refractivity contribution in [3.05, 3.63) is 35.5 Å². The highest BCUT2D eigenvalue weighted by Gasteiger charge is 2.14. The summed E-state index contributed by atoms with van der Waals surface area (Å²) >= 11 is 0. The van der Waals surface area contributed by atoms with Gasteiger partial charge in [-0.2, -0.15) is 0 Å². The van der Waals surface area contributed by atoms with Crippen LogP contribution in [0.4, 0.5) is 0 Å². The summed E-state index contributed by atoms with van der Waals surface area (Å²) in [6, 6.07) is 5.04. The molecule has 0 saturated carbocycles. The van der Waals surface area contributed by atoms with Crippen LogP contribution < -0.4 is 0 Å². The number of aryl methyl sites for hydroxylation is 1. The van der Waals surface area contributed by atoms with E-state index in [9.17, 15) is 9.90 Å². The highest BCUT2D eigenvalue weighted by Crippen LogP contribution is 2.27. The Kier molecular flexibility index (Phi) is 3.39. The number of hydrogen-bond acceptors (Lipinski definition) is 2. The predicted octanol–water partition coefficient (Wildman–Crippen LogP) is 2.80. The second-order valence-electron chi connectivity index (χ2n) is 4.49. The summed E-state index contributed by atoms with van der Waals surface area (Å²) in [5.74, 6) is -0.948. The van der Waals surface area contributed by atoms with Gasteiger partial charge in [0, 0.05) is 29.2 Å². The van der Waals surface area contributed by atoms with E-state index in [-0.39, 0.29) is 5.56 Å². The standard InChI is InChI=1S/C14H17NO3/c1-3-6-15-8-12(9(2)16)11-7-10(14(17)18)4-5-13(11)15/h4-5,7-9,16H,3,6H2,1-2H3,(H,17,18). The summed E-state index contributed by atoms with van der Waals surface area (Å²) < 4.78 is 2.06. The van der Waals surface area contributed by atoms with Crippen molar-refractivity contribution < 1.29 is 15.0 Å². The molecule has 2 N–H and O–H groups in total. The van der Waals surface area contributed by atoms with E-state index in [1.54, 1.807) is 25.1 Å². The molecule has 96 valence electrons. The Bertz CT molecular complexity index is 584. The molecule has 0 aliphatic rings. The van der Waals surface area contributed by atoms with E-state index < -0.39 is 12.1 Å². The summed E-state index contributed by atoms with van der Waals surface area (Å²) in [7, 11) is 0. The lowest BCUT2D eigenvalue weighted by Crippen LogP contribution is -1.97. The lowest BCUT2D eigenvalue weighted by molar-refractivity contribution is 0.0697. The first-order valence-electron chi connectivity index (χ1n) is 6.08. The molecule has 0 bridgehead atoms. The Hall–Kier alpha value is -1.81. The quantitative estimate of drug-likeness (QED) is 0.873. The fourth-order valence-electron chi connectivity index (χ4n) is 2.22. The van der Waals surface area contributed by atoms with Gasteiger partial charge in [0.2, 0.25) is 0 Å². The molecule has 0 aliphatic carbocycles. The summed E-state index contributed by atoms with van der Waals surface area (Å²) in [5.41, 5.74) is 2.00. The van der Waals surface area contributed by atoms with Gasteiger partial charge in [0.15, 0.2) is 0 Å². The van der Waals surface area contributed by atoms with Gasteiger partial charge in [-0.1, -0.05) is 6.92 Å². The number of hydrogen-bond donors (Lipinski definition) is 2. The minimum atomic E-state index is -0.948. The average Bonchev–Trinajstić information content (AvgIpc) is 2.68. The molecule has 0 aliphatic heterocycles. The van der Waals surface area contributed by atoms with Crippen molar-refractivity contribution in [2.75, 3.05) is 0 Å². The van der Waals surface area contributed by atoms with Crippen LogP contribution in [0.15, 0.2) is 24.4 Å². The maximum Gasteiger partial charge on any atom is 0.335 e. The smallest absolute Gasteiger partial charge is 0.335 e. The SMILES string of the molecule is CCCn1cc(C(C)O)c2cc(C(=O)O)ccc21. The second kappa shape index (κ2) is 4.82. The Labute approximate surface area is 105 Å². The third-order valence-corrected chi connectivity index (χ3v) is 3.07. The van der Waals surface area contributed by atoms with Crippen molar-refractivity contribution in [1.29, 1.82) is 0 Å². The lowest BCUT2D eigenvalue weighted by Gasteiger charge is -2.03. The molecule has 0 fully saturated rings. The fourth-order valence-corrected chi connectivity index (χ4v) is 2.22. The highest BCUT2D eigenvalue weighted by molar-refractivity contribution is 5.95. The molecule has 2 aromatic rings. The minimum Gasteiger partial charge on any atom is -0.478 e. The van der Waals surface area contributed by atoms with Crippen molar-refractivity contribution in [3.63, 3.8) is 0 Å². The predicted molar refractivity (Wildman–Crippen MR) is 69.8 cm³/mol. The lowest BCUT2D eigenvalue weighted by atomic mass is 10.1. The Balaban J connectivity index is 2.67. The van der Waals surface area contributed by atoms with Gasteiger partial charge in [0.25, 0.3) is 0 Å². The Morgan fingerprint density at radius 3 is 2.72 bits per heavy atom. The molecule has 1 aromatic heterocycles. The van der Waals surface area contributed by atoms with Crippen molar-refractivity contribution in [3.8, 4) is 0 Å². The molecule has 1 heterocycles. The van der Waals surface area contributed by atoms with Crippen molar-refractivity contribution in [1.82, 2.24) is 4.57 Å². The highest BCUT2D eigenvalue weighted by atomic mass is 16.4. The van der Waals surface area contributed by atoms with E-state index in [4.69, 9.17) is 5.11 Å². The molecular formula is C14H17NO3. The van der Waals surface area contributed by atoms with Crippen LogP contribution in [-0.2, 0) is 6.54 Å². The van der Waals surface area contributed by atoms with Gasteiger partial charge in [0.05, 0.1) is 11.7 Å². The first-order chi connectivity index (χ1) is 8.54. The summed E-state index contributed by atoms with van der Waals surface area (Å²) in [4.78, 5) is 11.0. The van der Waals surface area contributed by atoms with Crippen LogP contribution in [0.5, 0.6) is 0 Å². The molecule has 1 unspecified atom stereocenters. The number of aliphatic hydroxyl groups is 1. The number of rotatable bonds is 4. The van der Waals surface area contributed by atoms with Gasteiger partial charge < -0.3 is 14.8 Å². The number of aliphatic hydroxyl groups excluding tert-OH is 1. The van der Waals surface area contributed by atoms with Gasteiger partial charge in [-0.25, -0.2) is 4.79 Å². The molecule has 0 amide bonds. The number of nitrogens with zero attached hydrogens (tertiary/aromatic N) is 1. The maximum atomic E-state index is 11.0. The monoisotopic (exact) mass is 247 g/mol. The van der Waals surface area contributed by atoms with Gasteiger partial charge >= 0.3 is 5.97 Å². The second-order valence-corrected chi connectivity index (χ2v) is 4.49. The van der Waals surface area contributed by atoms with Crippen molar-refractivity contribution in [2.24, 2.45) is 0 Å². The Morgan fingerprint density at radius 2 is 2.17 bits per heavy atom. The van der Waals surface area contributed by atoms with Crippen LogP contribution in [0.1, 0.15) is 42.3 Å². The maximum absolute atomic E-state index is 11.0. The summed E-state index contributed by atoms with van der Waals surface area (Å²) in [6.07, 6.45) is 2.29. The number of carboxylic acid groups (broad SMARTS) is 1. The zero-order valence-electron chi connectivity index (χ0n) is 10.6. The molecule has 18 heavy (non-hydrogen) atoms. The third kappa shape index (κ3) is 2.11. The average molecular weight is 247 g/mol. The topological polar surface area (TPSA) is 62.5 Å². The molecule has 0 saturated heterocycles. The van der Waals surface area contributed by atoms with E-state index in [1.807, 2.05) is 6.20 Å². The number of carboxylic acids is 1. The zero-order chi connectivity index (χ0) is 13.3. The van der Waals surface area contributed by atoms with E-state index in [1.165, 1.54) is 0 Å². The van der Waals surface area contributed by atoms with Crippen LogP contribution in [0.2, 0.25) is 0 Å². The normalized spacial score (nSPS) is 12.8. The molecule has 1 atom stereocenters. The largest absolute Gasteiger partial charge is 0.478 e. The van der Waals surface area contributed by atoms with E-state index in [2.05, 4.69) is 11.5 Å². The van der Waals surface area contributed by atoms with Crippen LogP contribution in [0, 0.1) is 0 Å². The number of aromatic nitrogens is 1. The number of fused-ring (bicyclic) bond motifs is 1. The molecule has 2 rings (SSSR count). The van der Waals surface area contributed by atoms with Crippen molar-refractivity contribution in [2.45, 2.75) is 32.9 Å².